The number of aromatic carboxylic acids is 1. The van der Waals surface area contributed by atoms with Crippen LogP contribution >= 0.6 is 11.6 Å². The Kier molecular flexibility index (Phi) is 4.05. The van der Waals surface area contributed by atoms with E-state index in [2.05, 4.69) is 5.32 Å². The smallest absolute Gasteiger partial charge is 0.335 e. The van der Waals surface area contributed by atoms with E-state index >= 15 is 0 Å². The van der Waals surface area contributed by atoms with Crippen LogP contribution in [0.15, 0.2) is 42.5 Å². The molecule has 0 atom stereocenters. The van der Waals surface area contributed by atoms with E-state index in [1.54, 1.807) is 43.3 Å². The van der Waals surface area contributed by atoms with Crippen LogP contribution in [-0.4, -0.2) is 17.0 Å². The largest absolute Gasteiger partial charge is 0.478 e. The third kappa shape index (κ3) is 3.16. The first kappa shape index (κ1) is 14.1. The van der Waals surface area contributed by atoms with Crippen molar-refractivity contribution in [1.82, 2.24) is 0 Å². The molecule has 0 aromatic heterocycles. The second-order valence-electron chi connectivity index (χ2n) is 4.30. The number of carboxylic acids is 1. The van der Waals surface area contributed by atoms with Crippen LogP contribution in [0.4, 0.5) is 5.69 Å². The Morgan fingerprint density at radius 3 is 2.50 bits per heavy atom. The van der Waals surface area contributed by atoms with Gasteiger partial charge in [0.05, 0.1) is 5.56 Å². The molecule has 2 rings (SSSR count). The molecule has 102 valence electrons. The molecule has 2 N–H and O–H groups in total. The Morgan fingerprint density at radius 1 is 1.15 bits per heavy atom. The van der Waals surface area contributed by atoms with Crippen molar-refractivity contribution in [3.63, 3.8) is 0 Å². The Hall–Kier alpha value is -2.33. The summed E-state index contributed by atoms with van der Waals surface area (Å²) in [6, 6.07) is 11.2. The fraction of sp³-hybridized carbons (Fsp3) is 0.0667. The third-order valence-electron chi connectivity index (χ3n) is 2.80. The van der Waals surface area contributed by atoms with Crippen LogP contribution in [0.1, 0.15) is 26.3 Å². The number of hydrogen-bond donors (Lipinski definition) is 2. The van der Waals surface area contributed by atoms with Gasteiger partial charge < -0.3 is 10.4 Å². The summed E-state index contributed by atoms with van der Waals surface area (Å²) in [5.41, 5.74) is 1.78. The second kappa shape index (κ2) is 5.75. The van der Waals surface area contributed by atoms with Crippen LogP contribution < -0.4 is 5.32 Å². The highest BCUT2D eigenvalue weighted by atomic mass is 35.5. The predicted octanol–water partition coefficient (Wildman–Crippen LogP) is 3.60. The van der Waals surface area contributed by atoms with Crippen molar-refractivity contribution in [3.8, 4) is 0 Å². The van der Waals surface area contributed by atoms with E-state index in [4.69, 9.17) is 16.7 Å². The van der Waals surface area contributed by atoms with Crippen LogP contribution in [0.2, 0.25) is 5.02 Å². The van der Waals surface area contributed by atoms with Crippen molar-refractivity contribution >= 4 is 29.2 Å². The maximum atomic E-state index is 12.0. The van der Waals surface area contributed by atoms with Crippen molar-refractivity contribution in [2.75, 3.05) is 5.32 Å². The number of halogens is 1. The highest BCUT2D eigenvalue weighted by Crippen LogP contribution is 2.17. The highest BCUT2D eigenvalue weighted by molar-refractivity contribution is 6.31. The van der Waals surface area contributed by atoms with Gasteiger partial charge in [0.25, 0.3) is 5.91 Å². The number of nitrogens with one attached hydrogen (secondary N) is 1. The maximum absolute atomic E-state index is 12.0. The van der Waals surface area contributed by atoms with E-state index in [9.17, 15) is 9.59 Å². The van der Waals surface area contributed by atoms with Gasteiger partial charge in [0.2, 0.25) is 0 Å². The predicted molar refractivity (Wildman–Crippen MR) is 77.5 cm³/mol. The van der Waals surface area contributed by atoms with Crippen LogP contribution in [-0.2, 0) is 0 Å². The topological polar surface area (TPSA) is 66.4 Å². The molecular weight excluding hydrogens is 278 g/mol. The van der Waals surface area contributed by atoms with Crippen LogP contribution in [0.3, 0.4) is 0 Å². The molecule has 0 radical (unpaired) electrons. The number of rotatable bonds is 3. The number of carbonyl (C=O) groups is 2. The number of anilines is 1. The number of carboxylic acid groups (broad SMARTS) is 1. The van der Waals surface area contributed by atoms with Gasteiger partial charge in [0.1, 0.15) is 0 Å². The molecule has 1 amide bonds. The van der Waals surface area contributed by atoms with Crippen molar-refractivity contribution in [1.29, 1.82) is 0 Å². The Bertz CT molecular complexity index is 683. The summed E-state index contributed by atoms with van der Waals surface area (Å²) in [6.07, 6.45) is 0. The quantitative estimate of drug-likeness (QED) is 0.907. The summed E-state index contributed by atoms with van der Waals surface area (Å²) >= 11 is 5.83. The minimum atomic E-state index is -0.991. The minimum Gasteiger partial charge on any atom is -0.478 e. The summed E-state index contributed by atoms with van der Waals surface area (Å²) in [5.74, 6) is -1.29. The lowest BCUT2D eigenvalue weighted by atomic mass is 10.1. The zero-order valence-electron chi connectivity index (χ0n) is 10.7. The van der Waals surface area contributed by atoms with Crippen LogP contribution in [0.25, 0.3) is 0 Å². The van der Waals surface area contributed by atoms with Gasteiger partial charge in [-0.3, -0.25) is 4.79 Å². The first-order chi connectivity index (χ1) is 9.47. The van der Waals surface area contributed by atoms with Crippen molar-refractivity contribution in [3.05, 3.63) is 64.2 Å². The number of aryl methyl sites for hydroxylation is 1. The summed E-state index contributed by atoms with van der Waals surface area (Å²) in [6.45, 7) is 1.68. The van der Waals surface area contributed by atoms with Gasteiger partial charge in [-0.15, -0.1) is 0 Å². The molecule has 0 saturated heterocycles. The van der Waals surface area contributed by atoms with E-state index in [1.165, 1.54) is 6.07 Å². The summed E-state index contributed by atoms with van der Waals surface area (Å²) in [5, 5.41) is 12.1. The van der Waals surface area contributed by atoms with E-state index in [-0.39, 0.29) is 11.5 Å². The second-order valence-corrected chi connectivity index (χ2v) is 4.74. The molecule has 0 fully saturated rings. The van der Waals surface area contributed by atoms with Gasteiger partial charge in [0, 0.05) is 16.3 Å². The van der Waals surface area contributed by atoms with Crippen LogP contribution in [0, 0.1) is 6.92 Å². The monoisotopic (exact) mass is 289 g/mol. The van der Waals surface area contributed by atoms with E-state index in [0.717, 1.165) is 0 Å². The molecule has 2 aromatic carbocycles. The number of amides is 1. The molecule has 4 nitrogen and oxygen atoms in total. The average Bonchev–Trinajstić information content (AvgIpc) is 2.38. The molecule has 0 unspecified atom stereocenters. The first-order valence-corrected chi connectivity index (χ1v) is 6.26. The minimum absolute atomic E-state index is 0.214. The van der Waals surface area contributed by atoms with Gasteiger partial charge in [-0.25, -0.2) is 4.79 Å². The molecule has 0 aliphatic heterocycles. The summed E-state index contributed by atoms with van der Waals surface area (Å²) in [4.78, 5) is 22.9. The molecule has 0 spiro atoms. The van der Waals surface area contributed by atoms with Crippen molar-refractivity contribution in [2.24, 2.45) is 0 Å². The lowest BCUT2D eigenvalue weighted by molar-refractivity contribution is 0.0696. The molecule has 0 bridgehead atoms. The van der Waals surface area contributed by atoms with Crippen LogP contribution in [0.5, 0.6) is 0 Å². The zero-order valence-corrected chi connectivity index (χ0v) is 11.4. The maximum Gasteiger partial charge on any atom is 0.335 e. The van der Waals surface area contributed by atoms with Gasteiger partial charge >= 0.3 is 5.97 Å². The fourth-order valence-corrected chi connectivity index (χ4v) is 2.00. The van der Waals surface area contributed by atoms with Gasteiger partial charge in [-0.1, -0.05) is 17.7 Å². The Labute approximate surface area is 121 Å². The Balaban J connectivity index is 2.20. The Morgan fingerprint density at radius 2 is 1.90 bits per heavy atom. The summed E-state index contributed by atoms with van der Waals surface area (Å²) < 4.78 is 0. The lowest BCUT2D eigenvalue weighted by Gasteiger charge is -2.08. The number of carbonyl (C=O) groups excluding carboxylic acids is 1. The first-order valence-electron chi connectivity index (χ1n) is 5.88. The molecular formula is C15H12ClNO3. The number of benzene rings is 2. The SMILES string of the molecule is Cc1cc(NC(=O)c2cccc(Cl)c2)ccc1C(=O)O. The van der Waals surface area contributed by atoms with Gasteiger partial charge in [-0.2, -0.15) is 0 Å². The molecule has 0 aliphatic rings. The zero-order chi connectivity index (χ0) is 14.7. The normalized spacial score (nSPS) is 10.1. The van der Waals surface area contributed by atoms with Gasteiger partial charge in [-0.05, 0) is 48.9 Å². The van der Waals surface area contributed by atoms with Crippen molar-refractivity contribution in [2.45, 2.75) is 6.92 Å². The molecule has 20 heavy (non-hydrogen) atoms. The van der Waals surface area contributed by atoms with Crippen molar-refractivity contribution < 1.29 is 14.7 Å². The number of hydrogen-bond acceptors (Lipinski definition) is 2. The van der Waals surface area contributed by atoms with E-state index < -0.39 is 5.97 Å². The lowest BCUT2D eigenvalue weighted by Crippen LogP contribution is -2.12. The molecule has 0 aliphatic carbocycles. The average molecular weight is 290 g/mol. The van der Waals surface area contributed by atoms with E-state index in [1.807, 2.05) is 0 Å². The standard InChI is InChI=1S/C15H12ClNO3/c1-9-7-12(5-6-13(9)15(19)20)17-14(18)10-3-2-4-11(16)8-10/h2-8H,1H3,(H,17,18)(H,19,20). The molecule has 2 aromatic rings. The molecule has 0 saturated carbocycles. The highest BCUT2D eigenvalue weighted by Gasteiger charge is 2.10. The van der Waals surface area contributed by atoms with Gasteiger partial charge in [0.15, 0.2) is 0 Å². The molecule has 5 heteroatoms. The summed E-state index contributed by atoms with van der Waals surface area (Å²) in [7, 11) is 0. The van der Waals surface area contributed by atoms with E-state index in [0.29, 0.717) is 21.8 Å². The fourth-order valence-electron chi connectivity index (χ4n) is 1.81. The third-order valence-corrected chi connectivity index (χ3v) is 3.04. The molecule has 0 heterocycles.